The van der Waals surface area contributed by atoms with Crippen LogP contribution in [-0.2, 0) is 13.0 Å². The van der Waals surface area contributed by atoms with Gasteiger partial charge in [0.25, 0.3) is 0 Å². The number of anilines is 2. The van der Waals surface area contributed by atoms with Crippen molar-refractivity contribution in [3.63, 3.8) is 0 Å². The first-order chi connectivity index (χ1) is 11.8. The van der Waals surface area contributed by atoms with E-state index in [2.05, 4.69) is 33.0 Å². The van der Waals surface area contributed by atoms with Crippen LogP contribution in [0.25, 0.3) is 0 Å². The van der Waals surface area contributed by atoms with Crippen LogP contribution in [0, 0.1) is 10.1 Å². The van der Waals surface area contributed by atoms with E-state index >= 15 is 0 Å². The van der Waals surface area contributed by atoms with E-state index in [1.54, 1.807) is 0 Å². The smallest absolute Gasteiger partial charge is 0.346 e. The van der Waals surface area contributed by atoms with Crippen molar-refractivity contribution in [2.45, 2.75) is 39.3 Å². The molecule has 0 saturated carbocycles. The van der Waals surface area contributed by atoms with E-state index < -0.39 is 4.92 Å². The van der Waals surface area contributed by atoms with Gasteiger partial charge in [-0.3, -0.25) is 15.5 Å². The predicted molar refractivity (Wildman–Crippen MR) is 96.4 cm³/mol. The number of hydrazine groups is 1. The second-order valence-corrected chi connectivity index (χ2v) is 7.09. The van der Waals surface area contributed by atoms with Gasteiger partial charge in [0, 0.05) is 18.6 Å². The van der Waals surface area contributed by atoms with Crippen LogP contribution in [0.3, 0.4) is 0 Å². The summed E-state index contributed by atoms with van der Waals surface area (Å²) in [4.78, 5) is 21.5. The molecule has 0 spiro atoms. The average Bonchev–Trinajstić information content (AvgIpc) is 2.58. The maximum atomic E-state index is 11.7. The summed E-state index contributed by atoms with van der Waals surface area (Å²) in [6, 6.07) is 8.15. The van der Waals surface area contributed by atoms with Crippen LogP contribution < -0.4 is 15.8 Å². The van der Waals surface area contributed by atoms with Crippen molar-refractivity contribution in [2.24, 2.45) is 0 Å². The van der Waals surface area contributed by atoms with Crippen molar-refractivity contribution in [1.82, 2.24) is 15.4 Å². The van der Waals surface area contributed by atoms with Crippen LogP contribution in [-0.4, -0.2) is 27.0 Å². The Morgan fingerprint density at radius 1 is 1.20 bits per heavy atom. The highest BCUT2D eigenvalue weighted by Gasteiger charge is 2.29. The molecule has 1 aliphatic heterocycles. The predicted octanol–water partition coefficient (Wildman–Crippen LogP) is 2.66. The summed E-state index contributed by atoms with van der Waals surface area (Å²) < 4.78 is 0. The molecule has 2 heterocycles. The molecule has 0 bridgehead atoms. The molecule has 0 atom stereocenters. The second-order valence-electron chi connectivity index (χ2n) is 7.09. The Morgan fingerprint density at radius 2 is 1.92 bits per heavy atom. The van der Waals surface area contributed by atoms with Crippen molar-refractivity contribution < 1.29 is 4.92 Å². The molecule has 0 aliphatic carbocycles. The molecular weight excluding hydrogens is 320 g/mol. The Morgan fingerprint density at radius 3 is 2.60 bits per heavy atom. The lowest BCUT2D eigenvalue weighted by Gasteiger charge is -2.29. The molecule has 1 aliphatic rings. The van der Waals surface area contributed by atoms with Gasteiger partial charge >= 0.3 is 5.69 Å². The van der Waals surface area contributed by atoms with E-state index in [4.69, 9.17) is 0 Å². The number of nitrogens with zero attached hydrogens (tertiary/aromatic N) is 4. The van der Waals surface area contributed by atoms with Crippen molar-refractivity contribution in [3.8, 4) is 0 Å². The molecular formula is C17H22N6O2. The fourth-order valence-electron chi connectivity index (χ4n) is 2.78. The Hall–Kier alpha value is -2.74. The molecule has 8 heteroatoms. The maximum absolute atomic E-state index is 11.7. The number of nitrogens with one attached hydrogen (secondary N) is 2. The van der Waals surface area contributed by atoms with Gasteiger partial charge in [0.15, 0.2) is 0 Å². The van der Waals surface area contributed by atoms with Gasteiger partial charge in [-0.05, 0) is 38.3 Å². The fourth-order valence-corrected chi connectivity index (χ4v) is 2.78. The molecule has 1 aromatic carbocycles. The van der Waals surface area contributed by atoms with E-state index in [1.165, 1.54) is 17.5 Å². The maximum Gasteiger partial charge on any atom is 0.354 e. The first-order valence-electron chi connectivity index (χ1n) is 8.19. The SMILES string of the molecule is CC(C)(C)NNc1ncnc(N2CCc3ccccc3C2)c1[N+](=O)[O-]. The first-order valence-corrected chi connectivity index (χ1v) is 8.19. The van der Waals surface area contributed by atoms with E-state index in [0.29, 0.717) is 18.9 Å². The third kappa shape index (κ3) is 3.85. The number of rotatable bonds is 4. The average molecular weight is 342 g/mol. The number of aromatic nitrogens is 2. The molecule has 0 saturated heterocycles. The van der Waals surface area contributed by atoms with E-state index in [0.717, 1.165) is 6.42 Å². The highest BCUT2D eigenvalue weighted by Crippen LogP contribution is 2.34. The number of hydrogen-bond acceptors (Lipinski definition) is 7. The summed E-state index contributed by atoms with van der Waals surface area (Å²) in [6.45, 7) is 7.14. The summed E-state index contributed by atoms with van der Waals surface area (Å²) >= 11 is 0. The third-order valence-electron chi connectivity index (χ3n) is 3.97. The monoisotopic (exact) mass is 342 g/mol. The highest BCUT2D eigenvalue weighted by molar-refractivity contribution is 5.70. The van der Waals surface area contributed by atoms with E-state index in [-0.39, 0.29) is 17.0 Å². The van der Waals surface area contributed by atoms with Crippen molar-refractivity contribution in [1.29, 1.82) is 0 Å². The van der Waals surface area contributed by atoms with Crippen LogP contribution in [0.2, 0.25) is 0 Å². The molecule has 0 radical (unpaired) electrons. The summed E-state index contributed by atoms with van der Waals surface area (Å²) in [6.07, 6.45) is 2.19. The van der Waals surface area contributed by atoms with Crippen molar-refractivity contribution >= 4 is 17.3 Å². The molecule has 2 N–H and O–H groups in total. The van der Waals surface area contributed by atoms with Crippen LogP contribution in [0.15, 0.2) is 30.6 Å². The summed E-state index contributed by atoms with van der Waals surface area (Å²) in [7, 11) is 0. The van der Waals surface area contributed by atoms with Crippen molar-refractivity contribution in [3.05, 3.63) is 51.8 Å². The molecule has 0 unspecified atom stereocenters. The minimum atomic E-state index is -0.428. The molecule has 8 nitrogen and oxygen atoms in total. The van der Waals surface area contributed by atoms with Gasteiger partial charge in [0.05, 0.1) is 4.92 Å². The molecule has 0 fully saturated rings. The van der Waals surface area contributed by atoms with Gasteiger partial charge < -0.3 is 4.90 Å². The van der Waals surface area contributed by atoms with Crippen LogP contribution in [0.5, 0.6) is 0 Å². The lowest BCUT2D eigenvalue weighted by molar-refractivity contribution is -0.383. The fraction of sp³-hybridized carbons (Fsp3) is 0.412. The second kappa shape index (κ2) is 6.64. The minimum absolute atomic E-state index is 0.112. The molecule has 1 aromatic heterocycles. The largest absolute Gasteiger partial charge is 0.354 e. The summed E-state index contributed by atoms with van der Waals surface area (Å²) in [5.41, 5.74) is 7.96. The number of benzene rings is 1. The van der Waals surface area contributed by atoms with Gasteiger partial charge in [-0.1, -0.05) is 24.3 Å². The zero-order valence-corrected chi connectivity index (χ0v) is 14.6. The standard InChI is InChI=1S/C17H22N6O2/c1-17(2,3)21-20-15-14(23(24)25)16(19-11-18-15)22-9-8-12-6-4-5-7-13(12)10-22/h4-7,11,21H,8-10H2,1-3H3,(H,18,19,20). The molecule has 0 amide bonds. The van der Waals surface area contributed by atoms with Crippen LogP contribution in [0.1, 0.15) is 31.9 Å². The van der Waals surface area contributed by atoms with Gasteiger partial charge in [-0.15, -0.1) is 0 Å². The van der Waals surface area contributed by atoms with Crippen LogP contribution in [0.4, 0.5) is 17.3 Å². The van der Waals surface area contributed by atoms with Gasteiger partial charge in [-0.2, -0.15) is 0 Å². The van der Waals surface area contributed by atoms with Gasteiger partial charge in [-0.25, -0.2) is 15.4 Å². The Labute approximate surface area is 146 Å². The molecule has 3 rings (SSSR count). The van der Waals surface area contributed by atoms with Crippen molar-refractivity contribution in [2.75, 3.05) is 16.9 Å². The normalized spacial score (nSPS) is 14.1. The summed E-state index contributed by atoms with van der Waals surface area (Å²) in [5.74, 6) is 0.511. The Kier molecular flexibility index (Phi) is 4.54. The molecule has 2 aromatic rings. The number of hydrogen-bond donors (Lipinski definition) is 2. The highest BCUT2D eigenvalue weighted by atomic mass is 16.6. The summed E-state index contributed by atoms with van der Waals surface area (Å²) in [5, 5.41) is 11.7. The van der Waals surface area contributed by atoms with Gasteiger partial charge in [0.2, 0.25) is 11.6 Å². The number of nitro groups is 1. The Bertz CT molecular complexity index is 787. The zero-order chi connectivity index (χ0) is 18.0. The molecule has 25 heavy (non-hydrogen) atoms. The Balaban J connectivity index is 1.93. The third-order valence-corrected chi connectivity index (χ3v) is 3.97. The lowest BCUT2D eigenvalue weighted by atomic mass is 10.00. The van der Waals surface area contributed by atoms with E-state index in [9.17, 15) is 10.1 Å². The quantitative estimate of drug-likeness (QED) is 0.651. The van der Waals surface area contributed by atoms with Crippen LogP contribution >= 0.6 is 0 Å². The van der Waals surface area contributed by atoms with Gasteiger partial charge in [0.1, 0.15) is 6.33 Å². The van der Waals surface area contributed by atoms with E-state index in [1.807, 2.05) is 37.8 Å². The zero-order valence-electron chi connectivity index (χ0n) is 14.6. The lowest BCUT2D eigenvalue weighted by Crippen LogP contribution is -2.40. The topological polar surface area (TPSA) is 96.2 Å². The minimum Gasteiger partial charge on any atom is -0.346 e. The molecule has 132 valence electrons. The number of fused-ring (bicyclic) bond motifs is 1. The first kappa shape index (κ1) is 17.1.